The lowest BCUT2D eigenvalue weighted by molar-refractivity contribution is 0.304. The Labute approximate surface area is 227 Å². The minimum atomic E-state index is 0. The van der Waals surface area contributed by atoms with Crippen LogP contribution in [0.15, 0.2) is 48.5 Å². The predicted molar refractivity (Wildman–Crippen MR) is 156 cm³/mol. The summed E-state index contributed by atoms with van der Waals surface area (Å²) in [5.74, 6) is 1.06. The van der Waals surface area contributed by atoms with Crippen LogP contribution in [0, 0.1) is 22.7 Å². The fraction of sp³-hybridized carbons (Fsp3) is 0.576. The summed E-state index contributed by atoms with van der Waals surface area (Å²) in [6, 6.07) is 17.5. The van der Waals surface area contributed by atoms with E-state index < -0.39 is 0 Å². The van der Waals surface area contributed by atoms with Gasteiger partial charge in [-0.3, -0.25) is 0 Å². The third-order valence-electron chi connectivity index (χ3n) is 6.25. The number of hydrogen-bond donors (Lipinski definition) is 1. The molecular weight excluding hydrogens is 456 g/mol. The Balaban J connectivity index is 0.00000109. The second-order valence-corrected chi connectivity index (χ2v) is 9.45. The van der Waals surface area contributed by atoms with Crippen molar-refractivity contribution in [1.82, 2.24) is 0 Å². The van der Waals surface area contributed by atoms with Gasteiger partial charge in [-0.2, -0.15) is 10.5 Å². The molecule has 2 rings (SSSR count). The van der Waals surface area contributed by atoms with Gasteiger partial charge in [0.05, 0.1) is 29.9 Å². The van der Waals surface area contributed by atoms with Crippen molar-refractivity contribution in [3.8, 4) is 23.6 Å². The lowest BCUT2D eigenvalue weighted by Crippen LogP contribution is -1.97. The van der Waals surface area contributed by atoms with Crippen molar-refractivity contribution < 1.29 is 9.84 Å². The van der Waals surface area contributed by atoms with E-state index in [1.807, 2.05) is 30.3 Å². The number of nitriles is 2. The van der Waals surface area contributed by atoms with Crippen LogP contribution in [0.1, 0.15) is 128 Å². The molecule has 4 nitrogen and oxygen atoms in total. The lowest BCUT2D eigenvalue weighted by Gasteiger charge is -2.06. The van der Waals surface area contributed by atoms with Crippen LogP contribution in [0.25, 0.3) is 0 Å². The summed E-state index contributed by atoms with van der Waals surface area (Å²) >= 11 is 0. The predicted octanol–water partition coefficient (Wildman–Crippen LogP) is 10.1. The average molecular weight is 507 g/mol. The zero-order valence-corrected chi connectivity index (χ0v) is 22.4. The van der Waals surface area contributed by atoms with Crippen LogP contribution >= 0.6 is 0 Å². The molecule has 2 aromatic rings. The number of hydrogen-bond acceptors (Lipinski definition) is 4. The highest BCUT2D eigenvalue weighted by molar-refractivity contribution is 5.34. The Morgan fingerprint density at radius 2 is 0.919 bits per heavy atom. The van der Waals surface area contributed by atoms with Crippen molar-refractivity contribution in [2.24, 2.45) is 0 Å². The molecular formula is C33H50N2O2. The van der Waals surface area contributed by atoms with E-state index in [4.69, 9.17) is 20.4 Å². The van der Waals surface area contributed by atoms with Crippen molar-refractivity contribution in [2.75, 3.05) is 6.61 Å². The second-order valence-electron chi connectivity index (χ2n) is 9.45. The van der Waals surface area contributed by atoms with Gasteiger partial charge in [-0.15, -0.1) is 0 Å². The van der Waals surface area contributed by atoms with E-state index in [-0.39, 0.29) is 13.2 Å². The smallest absolute Gasteiger partial charge is 0.119 e. The van der Waals surface area contributed by atoms with Gasteiger partial charge >= 0.3 is 0 Å². The van der Waals surface area contributed by atoms with Gasteiger partial charge in [0, 0.05) is 0 Å². The summed E-state index contributed by atoms with van der Waals surface area (Å²) in [5, 5.41) is 25.8. The van der Waals surface area contributed by atoms with Crippen LogP contribution in [0.5, 0.6) is 11.5 Å². The number of rotatable bonds is 18. The number of aromatic hydroxyl groups is 1. The second kappa shape index (κ2) is 24.7. The van der Waals surface area contributed by atoms with Crippen molar-refractivity contribution in [3.63, 3.8) is 0 Å². The molecule has 0 spiro atoms. The SMILES string of the molecule is C.CCCCCCCCCCCCCCCCCCOc1ccc(C#N)cc1.N#Cc1ccc(O)cc1. The lowest BCUT2D eigenvalue weighted by atomic mass is 10.0. The minimum absolute atomic E-state index is 0. The van der Waals surface area contributed by atoms with Crippen molar-refractivity contribution in [1.29, 1.82) is 10.5 Å². The standard InChI is InChI=1S/C25H41NO.C7H5NO.CH4/c1-2-3-4-5-6-7-8-9-10-11-12-13-14-15-16-17-22-27-25-20-18-24(23-26)19-21-25;8-5-6-1-3-7(9)4-2-6;/h18-21H,2-17,22H2,1H3;1-4,9H;1H4. The summed E-state index contributed by atoms with van der Waals surface area (Å²) in [4.78, 5) is 0. The monoisotopic (exact) mass is 506 g/mol. The number of phenolic OH excluding ortho intramolecular Hbond substituents is 1. The van der Waals surface area contributed by atoms with E-state index in [2.05, 4.69) is 13.0 Å². The Kier molecular flexibility index (Phi) is 22.7. The van der Waals surface area contributed by atoms with Gasteiger partial charge in [0.1, 0.15) is 11.5 Å². The number of nitrogens with zero attached hydrogens (tertiary/aromatic N) is 2. The largest absolute Gasteiger partial charge is 0.508 e. The molecule has 0 aliphatic carbocycles. The molecule has 204 valence electrons. The van der Waals surface area contributed by atoms with Gasteiger partial charge in [-0.25, -0.2) is 0 Å². The number of benzene rings is 2. The van der Waals surface area contributed by atoms with Crippen molar-refractivity contribution in [3.05, 3.63) is 59.7 Å². The quantitative estimate of drug-likeness (QED) is 0.204. The van der Waals surface area contributed by atoms with Crippen LogP contribution in [0.3, 0.4) is 0 Å². The molecule has 0 saturated carbocycles. The van der Waals surface area contributed by atoms with Crippen LogP contribution in [-0.2, 0) is 0 Å². The van der Waals surface area contributed by atoms with Gasteiger partial charge in [0.15, 0.2) is 0 Å². The van der Waals surface area contributed by atoms with E-state index in [0.29, 0.717) is 11.1 Å². The van der Waals surface area contributed by atoms with Crippen LogP contribution < -0.4 is 4.74 Å². The molecule has 37 heavy (non-hydrogen) atoms. The van der Waals surface area contributed by atoms with E-state index >= 15 is 0 Å². The van der Waals surface area contributed by atoms with Gasteiger partial charge in [0.25, 0.3) is 0 Å². The van der Waals surface area contributed by atoms with Crippen molar-refractivity contribution in [2.45, 2.75) is 117 Å². The molecule has 0 aliphatic rings. The average Bonchev–Trinajstić information content (AvgIpc) is 2.91. The zero-order valence-electron chi connectivity index (χ0n) is 22.4. The highest BCUT2D eigenvalue weighted by Gasteiger charge is 1.97. The Hall–Kier alpha value is -2.98. The molecule has 0 unspecified atom stereocenters. The normalized spacial score (nSPS) is 9.81. The van der Waals surface area contributed by atoms with E-state index in [9.17, 15) is 0 Å². The molecule has 0 aromatic heterocycles. The van der Waals surface area contributed by atoms with Gasteiger partial charge < -0.3 is 9.84 Å². The van der Waals surface area contributed by atoms with Crippen LogP contribution in [0.4, 0.5) is 0 Å². The third-order valence-corrected chi connectivity index (χ3v) is 6.25. The first-order valence-corrected chi connectivity index (χ1v) is 14.0. The highest BCUT2D eigenvalue weighted by atomic mass is 16.5. The van der Waals surface area contributed by atoms with Crippen LogP contribution in [0.2, 0.25) is 0 Å². The topological polar surface area (TPSA) is 77.0 Å². The zero-order chi connectivity index (χ0) is 26.1. The van der Waals surface area contributed by atoms with Gasteiger partial charge in [-0.1, -0.05) is 111 Å². The third kappa shape index (κ3) is 19.8. The molecule has 0 fully saturated rings. The Morgan fingerprint density at radius 1 is 0.568 bits per heavy atom. The summed E-state index contributed by atoms with van der Waals surface area (Å²) in [6.45, 7) is 3.07. The first kappa shape index (κ1) is 34.0. The fourth-order valence-corrected chi connectivity index (χ4v) is 4.00. The fourth-order valence-electron chi connectivity index (χ4n) is 4.00. The van der Waals surface area contributed by atoms with E-state index in [1.165, 1.54) is 108 Å². The maximum Gasteiger partial charge on any atom is 0.119 e. The molecule has 0 atom stereocenters. The van der Waals surface area contributed by atoms with Gasteiger partial charge in [-0.05, 0) is 55.0 Å². The molecule has 0 bridgehead atoms. The summed E-state index contributed by atoms with van der Waals surface area (Å²) in [5.41, 5.74) is 1.25. The first-order chi connectivity index (χ1) is 17.7. The maximum atomic E-state index is 8.77. The van der Waals surface area contributed by atoms with Crippen molar-refractivity contribution >= 4 is 0 Å². The number of phenols is 1. The highest BCUT2D eigenvalue weighted by Crippen LogP contribution is 2.15. The molecule has 2 aromatic carbocycles. The minimum Gasteiger partial charge on any atom is -0.508 e. The van der Waals surface area contributed by atoms with Crippen LogP contribution in [-0.4, -0.2) is 11.7 Å². The molecule has 0 aliphatic heterocycles. The number of unbranched alkanes of at least 4 members (excludes halogenated alkanes) is 15. The molecule has 0 radical (unpaired) electrons. The number of ether oxygens (including phenoxy) is 1. The van der Waals surface area contributed by atoms with Gasteiger partial charge in [0.2, 0.25) is 0 Å². The molecule has 0 saturated heterocycles. The summed E-state index contributed by atoms with van der Waals surface area (Å²) < 4.78 is 5.72. The Morgan fingerprint density at radius 3 is 1.30 bits per heavy atom. The Bertz CT molecular complexity index is 848. The summed E-state index contributed by atoms with van der Waals surface area (Å²) in [7, 11) is 0. The maximum absolute atomic E-state index is 8.77. The summed E-state index contributed by atoms with van der Waals surface area (Å²) in [6.07, 6.45) is 22.2. The van der Waals surface area contributed by atoms with E-state index in [1.54, 1.807) is 12.1 Å². The first-order valence-electron chi connectivity index (χ1n) is 14.0. The molecule has 4 heteroatoms. The molecule has 0 amide bonds. The molecule has 0 heterocycles. The molecule has 1 N–H and O–H groups in total. The van der Waals surface area contributed by atoms with E-state index in [0.717, 1.165) is 18.8 Å².